The fourth-order valence-corrected chi connectivity index (χ4v) is 24.7. The molecule has 3 aromatic heterocycles. The summed E-state index contributed by atoms with van der Waals surface area (Å²) in [7, 11) is 0. The van der Waals surface area contributed by atoms with Crippen LogP contribution in [0.4, 0.5) is 0 Å². The molecule has 12 aliphatic rings. The Hall–Kier alpha value is -9.28. The van der Waals surface area contributed by atoms with Crippen LogP contribution in [0.3, 0.4) is 0 Å². The summed E-state index contributed by atoms with van der Waals surface area (Å²) < 4.78 is 5.47. The number of amides is 2. The number of aliphatic carboxylic acids is 3. The zero-order valence-electron chi connectivity index (χ0n) is 68.4. The van der Waals surface area contributed by atoms with Gasteiger partial charge in [-0.15, -0.1) is 0 Å². The molecule has 6 aliphatic heterocycles. The predicted octanol–water partition coefficient (Wildman–Crippen LogP) is 12.3. The minimum Gasteiger partial charge on any atom is -0.481 e. The summed E-state index contributed by atoms with van der Waals surface area (Å²) in [6.07, 6.45) is 40.2. The second-order valence-corrected chi connectivity index (χ2v) is 36.9. The van der Waals surface area contributed by atoms with Gasteiger partial charge < -0.3 is 55.0 Å². The van der Waals surface area contributed by atoms with E-state index < -0.39 is 65.5 Å². The average molecular weight is 1620 g/mol. The molecule has 118 heavy (non-hydrogen) atoms. The third-order valence-corrected chi connectivity index (χ3v) is 28.9. The Morgan fingerprint density at radius 3 is 1.04 bits per heavy atom. The van der Waals surface area contributed by atoms with E-state index in [9.17, 15) is 53.7 Å². The van der Waals surface area contributed by atoms with E-state index in [1.54, 1.807) is 24.5 Å². The molecule has 12 atom stereocenters. The molecule has 12 unspecified atom stereocenters. The van der Waals surface area contributed by atoms with Crippen molar-refractivity contribution in [2.75, 3.05) is 13.2 Å². The van der Waals surface area contributed by atoms with E-state index in [2.05, 4.69) is 45.1 Å². The Balaban J connectivity index is 0.000000132. The van der Waals surface area contributed by atoms with Gasteiger partial charge in [0.25, 0.3) is 28.5 Å². The number of hydrogen-bond donors (Lipinski definition) is 5. The number of carbonyl (C=O) groups is 5. The van der Waals surface area contributed by atoms with Crippen molar-refractivity contribution in [3.05, 3.63) is 121 Å². The summed E-state index contributed by atoms with van der Waals surface area (Å²) in [5, 5.41) is 40.5. The maximum atomic E-state index is 14.2. The van der Waals surface area contributed by atoms with Crippen molar-refractivity contribution in [2.24, 2.45) is 62.4 Å². The molecule has 9 heterocycles. The Labute approximate surface area is 687 Å². The molecule has 12 fully saturated rings. The molecular weight excluding hydrogens is 1500 g/mol. The van der Waals surface area contributed by atoms with E-state index in [1.165, 1.54) is 148 Å². The Morgan fingerprint density at radius 2 is 0.695 bits per heavy atom. The van der Waals surface area contributed by atoms with Gasteiger partial charge >= 0.3 is 17.9 Å². The zero-order valence-corrected chi connectivity index (χ0v) is 68.4. The van der Waals surface area contributed by atoms with Gasteiger partial charge in [0.2, 0.25) is 11.4 Å². The standard InChI is InChI=1S/C31H41N5O5.C30H40N4O4.C29H37N5O5/c32-28(37)18-41-34-26(11-12-29(38)39)30-31(40)36(27-10-2-1-9-25(27)33-30)24-16-21-7-4-8-22(17-24)35(21)23-14-19-5-3-6-20(13-19)15-23;1-18(2)38-32-28(30(36)37)27-29(35)34(26-10-6-5-9-25(26)31-27)24-16-21-11-12-22(17-24)33(21)23-14-19-7-3-4-8-20(13-19)15-23;30-25(35)16-39-32-27(29(37)38)26-28(36)34(24-10-2-1-9-23(24)31-26)22-14-19-7-4-8-20(15-22)33(19)21-12-17-5-3-6-18(11-17)13-21/h1-2,9-10,19-24H,3-8,11-18H2,(H2,32,37)(H,38,39);5-6,9-10,18-24H,3-4,7-8,11-17H2,1-2H3,(H,36,37);1-2,9-10,17-22H,3-8,11-16H2,(H2,30,35)(H,37,38)/b34-26+;32-28-;32-27-. The van der Waals surface area contributed by atoms with Gasteiger partial charge in [0.05, 0.1) is 39.5 Å². The molecule has 6 saturated heterocycles. The summed E-state index contributed by atoms with van der Waals surface area (Å²) in [5.74, 6) is -0.0686. The lowest BCUT2D eigenvalue weighted by Gasteiger charge is -2.55. The number of carbonyl (C=O) groups excluding carboxylic acids is 2. The number of oxime groups is 3. The number of carboxylic acid groups (broad SMARTS) is 3. The van der Waals surface area contributed by atoms with Crippen molar-refractivity contribution >= 4 is 80.0 Å². The van der Waals surface area contributed by atoms with E-state index in [-0.39, 0.29) is 65.4 Å². The number of nitrogens with zero attached hydrogens (tertiary/aromatic N) is 12. The third kappa shape index (κ3) is 18.0. The van der Waals surface area contributed by atoms with Crippen molar-refractivity contribution in [1.82, 2.24) is 43.4 Å². The topological polar surface area (TPSA) is 377 Å². The maximum Gasteiger partial charge on any atom is 0.360 e. The van der Waals surface area contributed by atoms with Crippen molar-refractivity contribution in [1.29, 1.82) is 0 Å². The second kappa shape index (κ2) is 36.3. The van der Waals surface area contributed by atoms with Gasteiger partial charge in [0.15, 0.2) is 30.3 Å². The molecule has 2 amide bonds. The second-order valence-electron chi connectivity index (χ2n) is 36.9. The van der Waals surface area contributed by atoms with Crippen LogP contribution in [0.5, 0.6) is 0 Å². The first-order valence-corrected chi connectivity index (χ1v) is 44.4. The van der Waals surface area contributed by atoms with Crippen molar-refractivity contribution in [3.63, 3.8) is 0 Å². The van der Waals surface area contributed by atoms with Crippen LogP contribution < -0.4 is 28.1 Å². The van der Waals surface area contributed by atoms with E-state index in [0.29, 0.717) is 76.4 Å². The number of carboxylic acids is 3. The molecule has 28 nitrogen and oxygen atoms in total. The summed E-state index contributed by atoms with van der Waals surface area (Å²) in [5.41, 5.74) is 11.8. The molecule has 6 aromatic rings. The number of nitrogens with two attached hydrogens (primary N) is 2. The largest absolute Gasteiger partial charge is 0.481 e. The number of rotatable bonds is 22. The Kier molecular flexibility index (Phi) is 25.4. The van der Waals surface area contributed by atoms with Gasteiger partial charge in [-0.3, -0.25) is 43.5 Å². The highest BCUT2D eigenvalue weighted by atomic mass is 16.6. The molecule has 632 valence electrons. The molecule has 0 spiro atoms. The van der Waals surface area contributed by atoms with Gasteiger partial charge in [-0.05, 0) is 221 Å². The zero-order chi connectivity index (χ0) is 82.0. The van der Waals surface area contributed by atoms with Crippen molar-refractivity contribution in [3.8, 4) is 0 Å². The first-order valence-electron chi connectivity index (χ1n) is 44.4. The Bertz CT molecular complexity index is 4920. The third-order valence-electron chi connectivity index (χ3n) is 28.9. The highest BCUT2D eigenvalue weighted by molar-refractivity contribution is 6.42. The van der Waals surface area contributed by atoms with Gasteiger partial charge in [-0.25, -0.2) is 24.5 Å². The number of para-hydroxylation sites is 6. The fraction of sp³-hybridized carbons (Fsp3) is 0.644. The minimum absolute atomic E-state index is 0.00910. The van der Waals surface area contributed by atoms with Gasteiger partial charge in [-0.2, -0.15) is 0 Å². The van der Waals surface area contributed by atoms with Crippen LogP contribution in [0.15, 0.2) is 103 Å². The smallest absolute Gasteiger partial charge is 0.360 e. The van der Waals surface area contributed by atoms with Gasteiger partial charge in [-0.1, -0.05) is 129 Å². The van der Waals surface area contributed by atoms with Crippen LogP contribution >= 0.6 is 0 Å². The molecule has 12 bridgehead atoms. The highest BCUT2D eigenvalue weighted by Gasteiger charge is 2.51. The summed E-state index contributed by atoms with van der Waals surface area (Å²) >= 11 is 0. The lowest BCUT2D eigenvalue weighted by Crippen LogP contribution is -2.58. The van der Waals surface area contributed by atoms with Crippen LogP contribution in [0.2, 0.25) is 0 Å². The SMILES string of the molecule is CC(C)O/N=C(\C(=O)O)c1nc2ccccc2n(C2CC3CCC(C2)N3C2CC3CCCCC(C3)C2)c1=O.NC(=O)CO/N=C(\C(=O)O)c1nc2ccccc2n(C2CC3CCCC(C2)N3C2CC3CCCC(C3)C2)c1=O.NC(=O)CO/N=C(\CCC(=O)O)c1nc2ccccc2n(C2CC3CCCC(C2)N3C2CC3CCCC(C3)C2)c1=O. The van der Waals surface area contributed by atoms with E-state index >= 15 is 0 Å². The van der Waals surface area contributed by atoms with Crippen LogP contribution in [0.1, 0.15) is 274 Å². The molecule has 3 aromatic carbocycles. The van der Waals surface area contributed by atoms with E-state index in [4.69, 9.17) is 26.0 Å². The molecule has 6 aliphatic carbocycles. The minimum atomic E-state index is -1.46. The van der Waals surface area contributed by atoms with Crippen LogP contribution in [-0.2, 0) is 38.5 Å². The van der Waals surface area contributed by atoms with Crippen LogP contribution in [0, 0.1) is 35.5 Å². The first-order chi connectivity index (χ1) is 57.1. The molecule has 6 saturated carbocycles. The Morgan fingerprint density at radius 1 is 0.381 bits per heavy atom. The summed E-state index contributed by atoms with van der Waals surface area (Å²) in [6, 6.07) is 27.1. The monoisotopic (exact) mass is 1620 g/mol. The molecule has 28 heteroatoms. The van der Waals surface area contributed by atoms with Gasteiger partial charge in [0, 0.05) is 78.9 Å². The predicted molar refractivity (Wildman–Crippen MR) is 446 cm³/mol. The van der Waals surface area contributed by atoms with E-state index in [0.717, 1.165) is 111 Å². The number of aromatic nitrogens is 6. The van der Waals surface area contributed by atoms with Crippen LogP contribution in [0.25, 0.3) is 33.1 Å². The number of hydrogen-bond acceptors (Lipinski definition) is 20. The van der Waals surface area contributed by atoms with Crippen molar-refractivity contribution in [2.45, 2.75) is 317 Å². The average Bonchev–Trinajstić information content (AvgIpc) is 1.09. The molecule has 0 radical (unpaired) electrons. The van der Waals surface area contributed by atoms with E-state index in [1.807, 2.05) is 75.9 Å². The molecule has 18 rings (SSSR count). The number of piperidine rings is 5. The molecular formula is C90H118N14O14. The van der Waals surface area contributed by atoms with Gasteiger partial charge in [0.1, 0.15) is 11.8 Å². The lowest BCUT2D eigenvalue weighted by atomic mass is 9.68. The van der Waals surface area contributed by atoms with Crippen LogP contribution in [-0.4, -0.2) is 179 Å². The summed E-state index contributed by atoms with van der Waals surface area (Å²) in [4.78, 5) is 137. The number of primary amides is 2. The number of fused-ring (bicyclic) bond motifs is 15. The first kappa shape index (κ1) is 82.4. The summed E-state index contributed by atoms with van der Waals surface area (Å²) in [6.45, 7) is 2.46. The van der Waals surface area contributed by atoms with Crippen molar-refractivity contribution < 1.29 is 53.8 Å². The molecule has 7 N–H and O–H groups in total. The lowest BCUT2D eigenvalue weighted by molar-refractivity contribution is -0.137. The maximum absolute atomic E-state index is 14.2. The fourth-order valence-electron chi connectivity index (χ4n) is 24.7. The number of benzene rings is 3. The highest BCUT2D eigenvalue weighted by Crippen LogP contribution is 2.52. The normalized spacial score (nSPS) is 31.1. The quantitative estimate of drug-likeness (QED) is 0.0311.